The maximum absolute atomic E-state index is 14.0. The summed E-state index contributed by atoms with van der Waals surface area (Å²) in [6, 6.07) is 7.91. The molecule has 1 saturated carbocycles. The van der Waals surface area contributed by atoms with Gasteiger partial charge >= 0.3 is 0 Å². The molecule has 0 amide bonds. The Morgan fingerprint density at radius 1 is 1.28 bits per heavy atom. The molecule has 1 aliphatic rings. The van der Waals surface area contributed by atoms with E-state index in [-0.39, 0.29) is 6.10 Å². The van der Waals surface area contributed by atoms with Crippen LogP contribution in [0.25, 0.3) is 10.9 Å². The molecule has 170 valence electrons. The highest BCUT2D eigenvalue weighted by Crippen LogP contribution is 2.44. The van der Waals surface area contributed by atoms with Crippen molar-refractivity contribution in [2.75, 3.05) is 16.3 Å². The normalized spacial score (nSPS) is 21.4. The molecule has 7 nitrogen and oxygen atoms in total. The van der Waals surface area contributed by atoms with E-state index in [2.05, 4.69) is 25.9 Å². The predicted molar refractivity (Wildman–Crippen MR) is 128 cm³/mol. The van der Waals surface area contributed by atoms with Crippen molar-refractivity contribution in [2.24, 2.45) is 5.41 Å². The van der Waals surface area contributed by atoms with Gasteiger partial charge in [-0.15, -0.1) is 0 Å². The molecular formula is C23H27FN4O3S. The van der Waals surface area contributed by atoms with Crippen molar-refractivity contribution in [3.8, 4) is 5.75 Å². The summed E-state index contributed by atoms with van der Waals surface area (Å²) in [4.78, 5) is 8.73. The van der Waals surface area contributed by atoms with Crippen molar-refractivity contribution >= 4 is 43.7 Å². The molecular weight excluding hydrogens is 431 g/mol. The number of anilines is 3. The van der Waals surface area contributed by atoms with E-state index in [4.69, 9.17) is 4.74 Å². The molecule has 0 aliphatic heterocycles. The number of nitrogens with zero attached hydrogens (tertiary/aromatic N) is 2. The minimum Gasteiger partial charge on any atom is -0.487 e. The van der Waals surface area contributed by atoms with E-state index in [1.165, 1.54) is 24.7 Å². The molecule has 4 rings (SSSR count). The lowest BCUT2D eigenvalue weighted by Gasteiger charge is -2.48. The predicted octanol–water partition coefficient (Wildman–Crippen LogP) is 4.03. The number of aliphatic hydroxyl groups is 1. The Bertz CT molecular complexity index is 1290. The van der Waals surface area contributed by atoms with Crippen LogP contribution in [0.2, 0.25) is 0 Å². The first-order chi connectivity index (χ1) is 14.9. The molecule has 0 radical (unpaired) electrons. The van der Waals surface area contributed by atoms with Crippen LogP contribution in [0.1, 0.15) is 25.8 Å². The first-order valence-electron chi connectivity index (χ1n) is 10.2. The summed E-state index contributed by atoms with van der Waals surface area (Å²) >= 11 is 0. The number of hydrogen-bond acceptors (Lipinski definition) is 6. The summed E-state index contributed by atoms with van der Waals surface area (Å²) in [7, 11) is -2.43. The SMILES string of the molecule is C=S(C)(=O)Nc1cc(C)c2c(Nc3ccc(F)cc3OC3CC(O)C3(C)C)ncnc2c1. The Morgan fingerprint density at radius 3 is 2.69 bits per heavy atom. The Hall–Kier alpha value is -2.91. The lowest BCUT2D eigenvalue weighted by atomic mass is 9.66. The van der Waals surface area contributed by atoms with Crippen molar-refractivity contribution in [2.45, 2.75) is 39.4 Å². The molecule has 9 heteroatoms. The van der Waals surface area contributed by atoms with E-state index >= 15 is 0 Å². The molecule has 3 aromatic rings. The van der Waals surface area contributed by atoms with Crippen molar-refractivity contribution in [3.63, 3.8) is 0 Å². The quantitative estimate of drug-likeness (QED) is 0.483. The summed E-state index contributed by atoms with van der Waals surface area (Å²) in [5.74, 6) is 4.09. The zero-order chi connectivity index (χ0) is 23.3. The van der Waals surface area contributed by atoms with Gasteiger partial charge in [0, 0.05) is 44.9 Å². The number of aryl methyl sites for hydroxylation is 1. The number of aliphatic hydroxyl groups excluding tert-OH is 1. The van der Waals surface area contributed by atoms with Crippen molar-refractivity contribution in [3.05, 3.63) is 48.0 Å². The third-order valence-electron chi connectivity index (χ3n) is 5.86. The van der Waals surface area contributed by atoms with Gasteiger partial charge in [0.1, 0.15) is 29.8 Å². The first kappa shape index (κ1) is 22.3. The second-order valence-electron chi connectivity index (χ2n) is 8.96. The molecule has 1 aliphatic carbocycles. The van der Waals surface area contributed by atoms with Crippen LogP contribution in [-0.4, -0.2) is 43.6 Å². The van der Waals surface area contributed by atoms with Crippen LogP contribution < -0.4 is 14.8 Å². The zero-order valence-corrected chi connectivity index (χ0v) is 19.3. The molecule has 0 saturated heterocycles. The van der Waals surface area contributed by atoms with Gasteiger partial charge in [0.15, 0.2) is 0 Å². The highest BCUT2D eigenvalue weighted by atomic mass is 32.2. The fourth-order valence-corrected chi connectivity index (χ4v) is 4.45. The summed E-state index contributed by atoms with van der Waals surface area (Å²) in [5, 5.41) is 14.0. The molecule has 1 heterocycles. The van der Waals surface area contributed by atoms with Gasteiger partial charge in [0.2, 0.25) is 0 Å². The maximum Gasteiger partial charge on any atom is 0.146 e. The Balaban J connectivity index is 1.69. The number of rotatable bonds is 6. The van der Waals surface area contributed by atoms with Gasteiger partial charge in [0.25, 0.3) is 0 Å². The molecule has 3 unspecified atom stereocenters. The van der Waals surface area contributed by atoms with E-state index in [1.807, 2.05) is 26.8 Å². The lowest BCUT2D eigenvalue weighted by molar-refractivity contribution is -0.134. The van der Waals surface area contributed by atoms with E-state index in [0.29, 0.717) is 34.9 Å². The molecule has 3 N–H and O–H groups in total. The zero-order valence-electron chi connectivity index (χ0n) is 18.5. The molecule has 0 spiro atoms. The topological polar surface area (TPSA) is 96.4 Å². The van der Waals surface area contributed by atoms with E-state index in [0.717, 1.165) is 10.9 Å². The van der Waals surface area contributed by atoms with Gasteiger partial charge in [-0.2, -0.15) is 0 Å². The van der Waals surface area contributed by atoms with Crippen LogP contribution in [0.3, 0.4) is 0 Å². The highest BCUT2D eigenvalue weighted by Gasteiger charge is 2.49. The number of benzene rings is 2. The van der Waals surface area contributed by atoms with Crippen molar-refractivity contribution in [1.82, 2.24) is 9.97 Å². The summed E-state index contributed by atoms with van der Waals surface area (Å²) in [6.45, 7) is 5.75. The molecule has 0 bridgehead atoms. The Labute approximate surface area is 187 Å². The molecule has 3 atom stereocenters. The monoisotopic (exact) mass is 458 g/mol. The summed E-state index contributed by atoms with van der Waals surface area (Å²) in [6.07, 6.45) is 2.75. The lowest BCUT2D eigenvalue weighted by Crippen LogP contribution is -2.56. The van der Waals surface area contributed by atoms with E-state index in [9.17, 15) is 13.7 Å². The minimum absolute atomic E-state index is 0.232. The van der Waals surface area contributed by atoms with Crippen LogP contribution in [-0.2, 0) is 9.71 Å². The van der Waals surface area contributed by atoms with Crippen LogP contribution in [0, 0.1) is 18.2 Å². The fraction of sp³-hybridized carbons (Fsp3) is 0.348. The molecule has 2 aromatic carbocycles. The van der Waals surface area contributed by atoms with Gasteiger partial charge in [-0.3, -0.25) is 0 Å². The molecule has 1 aromatic heterocycles. The fourth-order valence-electron chi connectivity index (χ4n) is 3.84. The van der Waals surface area contributed by atoms with Gasteiger partial charge in [-0.05, 0) is 42.6 Å². The summed E-state index contributed by atoms with van der Waals surface area (Å²) < 4.78 is 35.0. The third kappa shape index (κ3) is 4.35. The second kappa shape index (κ2) is 7.90. The maximum atomic E-state index is 14.0. The average molecular weight is 459 g/mol. The number of fused-ring (bicyclic) bond motifs is 1. The summed E-state index contributed by atoms with van der Waals surface area (Å²) in [5.41, 5.74) is 2.31. The number of aromatic nitrogens is 2. The van der Waals surface area contributed by atoms with Gasteiger partial charge in [-0.1, -0.05) is 13.8 Å². The minimum atomic E-state index is -2.43. The number of nitrogens with one attached hydrogen (secondary N) is 2. The van der Waals surface area contributed by atoms with Crippen LogP contribution >= 0.6 is 0 Å². The molecule has 32 heavy (non-hydrogen) atoms. The van der Waals surface area contributed by atoms with E-state index in [1.54, 1.807) is 12.1 Å². The first-order valence-corrected chi connectivity index (χ1v) is 12.3. The number of hydrogen-bond donors (Lipinski definition) is 3. The van der Waals surface area contributed by atoms with Gasteiger partial charge in [-0.25, -0.2) is 18.6 Å². The standard InChI is InChI=1S/C23H27FN4O3S/c1-13-8-15(28-32(4,5)30)10-17-21(13)22(26-12-25-17)27-16-7-6-14(24)9-18(16)31-20-11-19(29)23(20,2)3/h6-10,12,19-20,29H,4,11H2,1-3,5H3,(H,28,30)(H,25,26,27). The van der Waals surface area contributed by atoms with E-state index < -0.39 is 27.0 Å². The van der Waals surface area contributed by atoms with Gasteiger partial charge < -0.3 is 19.9 Å². The number of halogens is 1. The highest BCUT2D eigenvalue weighted by molar-refractivity contribution is 8.00. The van der Waals surface area contributed by atoms with Crippen LogP contribution in [0.4, 0.5) is 21.6 Å². The average Bonchev–Trinajstić information content (AvgIpc) is 2.68. The smallest absolute Gasteiger partial charge is 0.146 e. The van der Waals surface area contributed by atoms with Crippen molar-refractivity contribution in [1.29, 1.82) is 0 Å². The largest absolute Gasteiger partial charge is 0.487 e. The third-order valence-corrected chi connectivity index (χ3v) is 6.53. The van der Waals surface area contributed by atoms with Crippen molar-refractivity contribution < 1.29 is 18.4 Å². The Morgan fingerprint density at radius 2 is 2.03 bits per heavy atom. The Kier molecular flexibility index (Phi) is 5.50. The van der Waals surface area contributed by atoms with Gasteiger partial charge in [0.05, 0.1) is 17.3 Å². The second-order valence-corrected chi connectivity index (χ2v) is 11.2. The van der Waals surface area contributed by atoms with Crippen LogP contribution in [0.5, 0.6) is 5.75 Å². The van der Waals surface area contributed by atoms with Crippen LogP contribution in [0.15, 0.2) is 36.7 Å². The molecule has 1 fully saturated rings. The number of ether oxygens (including phenoxy) is 1.